The van der Waals surface area contributed by atoms with Gasteiger partial charge in [0.15, 0.2) is 0 Å². The van der Waals surface area contributed by atoms with Crippen LogP contribution in [0.3, 0.4) is 0 Å². The Balaban J connectivity index is 0.00000289. The van der Waals surface area contributed by atoms with Gasteiger partial charge in [0.05, 0.1) is 12.6 Å². The Kier molecular flexibility index (Phi) is 9.54. The highest BCUT2D eigenvalue weighted by molar-refractivity contribution is 5.85. The topological polar surface area (TPSA) is 15.7 Å². The fraction of sp³-hybridized carbons (Fsp3) is 0.333. The van der Waals surface area contributed by atoms with Crippen LogP contribution >= 0.6 is 12.4 Å². The lowest BCUT2D eigenvalue weighted by atomic mass is 9.96. The molecular weight excluding hydrogens is 423 g/mol. The number of hydrogen-bond donors (Lipinski definition) is 0. The van der Waals surface area contributed by atoms with Crippen molar-refractivity contribution in [2.75, 3.05) is 39.3 Å². The van der Waals surface area contributed by atoms with Crippen LogP contribution in [0.25, 0.3) is 0 Å². The molecule has 0 bridgehead atoms. The molecule has 1 aliphatic rings. The summed E-state index contributed by atoms with van der Waals surface area (Å²) in [5.41, 5.74) is 2.72. The van der Waals surface area contributed by atoms with Crippen molar-refractivity contribution in [3.8, 4) is 5.75 Å². The lowest BCUT2D eigenvalue weighted by molar-refractivity contribution is 0.107. The summed E-state index contributed by atoms with van der Waals surface area (Å²) in [5.74, 6) is 0.510. The van der Waals surface area contributed by atoms with E-state index in [1.54, 1.807) is 12.1 Å². The molecule has 0 saturated carbocycles. The second-order valence-corrected chi connectivity index (χ2v) is 8.11. The van der Waals surface area contributed by atoms with Crippen LogP contribution in [0.1, 0.15) is 30.0 Å². The molecule has 32 heavy (non-hydrogen) atoms. The molecule has 1 saturated heterocycles. The molecule has 4 rings (SSSR count). The average Bonchev–Trinajstić information content (AvgIpc) is 2.83. The van der Waals surface area contributed by atoms with Crippen LogP contribution in [-0.2, 0) is 0 Å². The second-order valence-electron chi connectivity index (χ2n) is 8.11. The van der Waals surface area contributed by atoms with E-state index < -0.39 is 0 Å². The summed E-state index contributed by atoms with van der Waals surface area (Å²) in [6.45, 7) is 6.10. The first-order valence-electron chi connectivity index (χ1n) is 11.2. The zero-order valence-electron chi connectivity index (χ0n) is 18.4. The largest absolute Gasteiger partial charge is 0.494 e. The fourth-order valence-electron chi connectivity index (χ4n) is 4.29. The molecule has 0 radical (unpaired) electrons. The molecular formula is C27H32ClFN2O. The summed E-state index contributed by atoms with van der Waals surface area (Å²) >= 11 is 0. The van der Waals surface area contributed by atoms with Gasteiger partial charge in [0.1, 0.15) is 11.6 Å². The highest BCUT2D eigenvalue weighted by Crippen LogP contribution is 2.29. The van der Waals surface area contributed by atoms with Crippen LogP contribution in [0.15, 0.2) is 84.9 Å². The fourth-order valence-corrected chi connectivity index (χ4v) is 4.29. The zero-order valence-corrected chi connectivity index (χ0v) is 19.2. The first kappa shape index (κ1) is 24.2. The Labute approximate surface area is 197 Å². The van der Waals surface area contributed by atoms with Gasteiger partial charge in [0, 0.05) is 26.2 Å². The molecule has 3 nitrogen and oxygen atoms in total. The number of halogens is 2. The molecule has 0 unspecified atom stereocenters. The molecule has 1 heterocycles. The van der Waals surface area contributed by atoms with Crippen molar-refractivity contribution in [1.29, 1.82) is 0 Å². The van der Waals surface area contributed by atoms with E-state index in [1.165, 1.54) is 23.3 Å². The molecule has 0 N–H and O–H groups in total. The van der Waals surface area contributed by atoms with Gasteiger partial charge in [0.25, 0.3) is 0 Å². The normalized spacial score (nSPS) is 14.8. The Bertz CT molecular complexity index is 860. The van der Waals surface area contributed by atoms with Crippen molar-refractivity contribution in [2.45, 2.75) is 18.9 Å². The molecule has 0 atom stereocenters. The monoisotopic (exact) mass is 454 g/mol. The van der Waals surface area contributed by atoms with Gasteiger partial charge in [-0.3, -0.25) is 4.90 Å². The third-order valence-corrected chi connectivity index (χ3v) is 5.95. The van der Waals surface area contributed by atoms with Crippen LogP contribution in [-0.4, -0.2) is 49.1 Å². The maximum absolute atomic E-state index is 12.9. The summed E-state index contributed by atoms with van der Waals surface area (Å²) in [4.78, 5) is 5.17. The van der Waals surface area contributed by atoms with Gasteiger partial charge in [0.2, 0.25) is 0 Å². The van der Waals surface area contributed by atoms with Crippen molar-refractivity contribution in [3.05, 3.63) is 102 Å². The lowest BCUT2D eigenvalue weighted by Gasteiger charge is -2.39. The number of nitrogens with zero attached hydrogens (tertiary/aromatic N) is 2. The minimum Gasteiger partial charge on any atom is -0.494 e. The van der Waals surface area contributed by atoms with Crippen molar-refractivity contribution >= 4 is 12.4 Å². The minimum absolute atomic E-state index is 0. The maximum atomic E-state index is 12.9. The third-order valence-electron chi connectivity index (χ3n) is 5.95. The molecule has 3 aromatic carbocycles. The smallest absolute Gasteiger partial charge is 0.123 e. The number of benzene rings is 3. The Hall–Kier alpha value is -2.40. The highest BCUT2D eigenvalue weighted by atomic mass is 35.5. The summed E-state index contributed by atoms with van der Waals surface area (Å²) in [6.07, 6.45) is 2.12. The summed E-state index contributed by atoms with van der Waals surface area (Å²) in [7, 11) is 0. The van der Waals surface area contributed by atoms with E-state index in [0.717, 1.165) is 51.3 Å². The van der Waals surface area contributed by atoms with E-state index in [1.807, 2.05) is 0 Å². The van der Waals surface area contributed by atoms with Gasteiger partial charge in [-0.2, -0.15) is 0 Å². The quantitative estimate of drug-likeness (QED) is 0.379. The van der Waals surface area contributed by atoms with Crippen molar-refractivity contribution < 1.29 is 9.13 Å². The Morgan fingerprint density at radius 3 is 1.84 bits per heavy atom. The lowest BCUT2D eigenvalue weighted by Crippen LogP contribution is -2.48. The van der Waals surface area contributed by atoms with Crippen molar-refractivity contribution in [3.63, 3.8) is 0 Å². The van der Waals surface area contributed by atoms with E-state index in [0.29, 0.717) is 12.6 Å². The SMILES string of the molecule is Cl.Fc1ccc(OCCCCN2CCN(C(c3ccccc3)c3ccccc3)CC2)cc1. The second kappa shape index (κ2) is 12.6. The van der Waals surface area contributed by atoms with E-state index >= 15 is 0 Å². The van der Waals surface area contributed by atoms with E-state index in [2.05, 4.69) is 70.5 Å². The van der Waals surface area contributed by atoms with Crippen LogP contribution in [0.5, 0.6) is 5.75 Å². The van der Waals surface area contributed by atoms with Gasteiger partial charge in [-0.1, -0.05) is 60.7 Å². The Morgan fingerprint density at radius 2 is 1.28 bits per heavy atom. The average molecular weight is 455 g/mol. The number of ether oxygens (including phenoxy) is 1. The summed E-state index contributed by atoms with van der Waals surface area (Å²) < 4.78 is 18.6. The van der Waals surface area contributed by atoms with Crippen LogP contribution in [0.4, 0.5) is 4.39 Å². The van der Waals surface area contributed by atoms with Gasteiger partial charge in [-0.15, -0.1) is 12.4 Å². The third kappa shape index (κ3) is 6.80. The molecule has 0 aliphatic carbocycles. The number of unbranched alkanes of at least 4 members (excludes halogenated alkanes) is 1. The molecule has 0 amide bonds. The molecule has 170 valence electrons. The molecule has 3 aromatic rings. The predicted octanol–water partition coefficient (Wildman–Crippen LogP) is 5.81. The number of piperazine rings is 1. The van der Waals surface area contributed by atoms with Crippen LogP contribution in [0, 0.1) is 5.82 Å². The standard InChI is InChI=1S/C27H31FN2O.ClH/c28-25-13-15-26(16-14-25)31-22-8-7-17-29-18-20-30(21-19-29)27(23-9-3-1-4-10-23)24-11-5-2-6-12-24;/h1-6,9-16,27H,7-8,17-22H2;1H. The molecule has 1 aliphatic heterocycles. The molecule has 0 aromatic heterocycles. The van der Waals surface area contributed by atoms with E-state index in [9.17, 15) is 4.39 Å². The molecule has 5 heteroatoms. The first-order valence-corrected chi connectivity index (χ1v) is 11.2. The predicted molar refractivity (Wildman–Crippen MR) is 131 cm³/mol. The van der Waals surface area contributed by atoms with Gasteiger partial charge in [-0.25, -0.2) is 4.39 Å². The van der Waals surface area contributed by atoms with Gasteiger partial charge in [-0.05, 0) is 54.8 Å². The van der Waals surface area contributed by atoms with Gasteiger partial charge >= 0.3 is 0 Å². The van der Waals surface area contributed by atoms with Gasteiger partial charge < -0.3 is 9.64 Å². The van der Waals surface area contributed by atoms with Crippen molar-refractivity contribution in [1.82, 2.24) is 9.80 Å². The minimum atomic E-state index is -0.228. The summed E-state index contributed by atoms with van der Waals surface area (Å²) in [6, 6.07) is 28.2. The number of rotatable bonds is 9. The molecule has 0 spiro atoms. The van der Waals surface area contributed by atoms with Crippen LogP contribution in [0.2, 0.25) is 0 Å². The summed E-state index contributed by atoms with van der Waals surface area (Å²) in [5, 5.41) is 0. The highest BCUT2D eigenvalue weighted by Gasteiger charge is 2.26. The zero-order chi connectivity index (χ0) is 21.3. The number of hydrogen-bond acceptors (Lipinski definition) is 3. The molecule has 1 fully saturated rings. The Morgan fingerprint density at radius 1 is 0.719 bits per heavy atom. The van der Waals surface area contributed by atoms with Crippen LogP contribution < -0.4 is 4.74 Å². The maximum Gasteiger partial charge on any atom is 0.123 e. The first-order chi connectivity index (χ1) is 15.3. The van der Waals surface area contributed by atoms with Crippen molar-refractivity contribution in [2.24, 2.45) is 0 Å². The van der Waals surface area contributed by atoms with E-state index in [-0.39, 0.29) is 18.2 Å². The van der Waals surface area contributed by atoms with E-state index in [4.69, 9.17) is 4.74 Å².